The second-order valence-electron chi connectivity index (χ2n) is 4.69. The van der Waals surface area contributed by atoms with Crippen LogP contribution in [0, 0.1) is 24.4 Å². The molecular weight excluding hydrogens is 301 g/mol. The second-order valence-corrected chi connectivity index (χ2v) is 4.95. The second kappa shape index (κ2) is 5.07. The highest BCUT2D eigenvalue weighted by Gasteiger charge is 2.15. The van der Waals surface area contributed by atoms with E-state index in [2.05, 4.69) is 4.98 Å². The topological polar surface area (TPSA) is 17.8 Å². The van der Waals surface area contributed by atoms with Gasteiger partial charge in [-0.25, -0.2) is 18.2 Å². The van der Waals surface area contributed by atoms with E-state index in [0.29, 0.717) is 28.1 Å². The number of fused-ring (bicyclic) bond motifs is 1. The molecule has 0 bridgehead atoms. The van der Waals surface area contributed by atoms with Crippen molar-refractivity contribution in [2.24, 2.45) is 0 Å². The van der Waals surface area contributed by atoms with Crippen LogP contribution in [0.3, 0.4) is 0 Å². The Hall–Kier alpha value is -2.01. The number of benzene rings is 2. The lowest BCUT2D eigenvalue weighted by molar-refractivity contribution is 0.508. The Labute approximate surface area is 123 Å². The zero-order valence-electron chi connectivity index (χ0n) is 11.0. The number of aromatic nitrogens is 2. The lowest BCUT2D eigenvalue weighted by Gasteiger charge is -2.08. The molecule has 0 N–H and O–H groups in total. The number of alkyl halides is 1. The van der Waals surface area contributed by atoms with Crippen LogP contribution in [-0.4, -0.2) is 9.55 Å². The predicted octanol–water partition coefficient (Wildman–Crippen LogP) is 4.49. The molecule has 0 unspecified atom stereocenters. The maximum absolute atomic E-state index is 13.6. The summed E-state index contributed by atoms with van der Waals surface area (Å²) in [4.78, 5) is 4.24. The van der Waals surface area contributed by atoms with Crippen LogP contribution in [0.4, 0.5) is 13.2 Å². The monoisotopic (exact) mass is 310 g/mol. The minimum Gasteiger partial charge on any atom is -0.295 e. The van der Waals surface area contributed by atoms with Crippen LogP contribution in [0.2, 0.25) is 0 Å². The first kappa shape index (κ1) is 13.9. The predicted molar refractivity (Wildman–Crippen MR) is 75.2 cm³/mol. The standard InChI is InChI=1S/C15H10ClF3N2/c1-8-4-14-13(6-11(8)18)20-15(7-16)21(14)9-2-3-10(17)12(19)5-9/h2-6H,7H2,1H3. The van der Waals surface area contributed by atoms with E-state index in [0.717, 1.165) is 12.1 Å². The van der Waals surface area contributed by atoms with Crippen LogP contribution < -0.4 is 0 Å². The van der Waals surface area contributed by atoms with E-state index in [9.17, 15) is 13.2 Å². The first-order valence-corrected chi connectivity index (χ1v) is 6.73. The van der Waals surface area contributed by atoms with Gasteiger partial charge in [0.05, 0.1) is 22.6 Å². The lowest BCUT2D eigenvalue weighted by Crippen LogP contribution is -2.01. The van der Waals surface area contributed by atoms with Crippen molar-refractivity contribution >= 4 is 22.6 Å². The molecule has 3 aromatic rings. The SMILES string of the molecule is Cc1cc2c(cc1F)nc(CCl)n2-c1ccc(F)c(F)c1. The first-order valence-electron chi connectivity index (χ1n) is 6.20. The number of halogens is 4. The first-order chi connectivity index (χ1) is 10.0. The van der Waals surface area contributed by atoms with Crippen molar-refractivity contribution in [2.75, 3.05) is 0 Å². The Morgan fingerprint density at radius 2 is 1.81 bits per heavy atom. The van der Waals surface area contributed by atoms with Gasteiger partial charge in [-0.05, 0) is 30.7 Å². The minimum absolute atomic E-state index is 0.0638. The third-order valence-electron chi connectivity index (χ3n) is 3.29. The number of hydrogen-bond donors (Lipinski definition) is 0. The molecule has 0 radical (unpaired) electrons. The van der Waals surface area contributed by atoms with Crippen molar-refractivity contribution in [3.63, 3.8) is 0 Å². The van der Waals surface area contributed by atoms with E-state index in [1.165, 1.54) is 12.1 Å². The molecule has 0 saturated carbocycles. The highest BCUT2D eigenvalue weighted by Crippen LogP contribution is 2.26. The summed E-state index contributed by atoms with van der Waals surface area (Å²) in [7, 11) is 0. The molecule has 0 saturated heterocycles. The highest BCUT2D eigenvalue weighted by atomic mass is 35.5. The van der Waals surface area contributed by atoms with Gasteiger partial charge < -0.3 is 0 Å². The van der Waals surface area contributed by atoms with Crippen LogP contribution in [0.5, 0.6) is 0 Å². The van der Waals surface area contributed by atoms with Gasteiger partial charge in [-0.1, -0.05) is 0 Å². The molecule has 0 aliphatic heterocycles. The average Bonchev–Trinajstić information content (AvgIpc) is 2.80. The summed E-state index contributed by atoms with van der Waals surface area (Å²) in [6.07, 6.45) is 0. The molecule has 0 aliphatic rings. The summed E-state index contributed by atoms with van der Waals surface area (Å²) < 4.78 is 41.7. The molecule has 21 heavy (non-hydrogen) atoms. The van der Waals surface area contributed by atoms with Gasteiger partial charge in [-0.3, -0.25) is 4.57 Å². The average molecular weight is 311 g/mol. The molecule has 108 valence electrons. The molecule has 3 rings (SSSR count). The third kappa shape index (κ3) is 2.27. The largest absolute Gasteiger partial charge is 0.295 e. The Bertz CT molecular complexity index is 843. The molecule has 0 aliphatic carbocycles. The van der Waals surface area contributed by atoms with Crippen molar-refractivity contribution in [3.8, 4) is 5.69 Å². The number of aryl methyl sites for hydroxylation is 1. The van der Waals surface area contributed by atoms with Gasteiger partial charge in [0.2, 0.25) is 0 Å². The van der Waals surface area contributed by atoms with Crippen LogP contribution >= 0.6 is 11.6 Å². The molecule has 0 atom stereocenters. The zero-order chi connectivity index (χ0) is 15.1. The fraction of sp³-hybridized carbons (Fsp3) is 0.133. The Morgan fingerprint density at radius 3 is 2.48 bits per heavy atom. The van der Waals surface area contributed by atoms with Crippen LogP contribution in [0.25, 0.3) is 16.7 Å². The normalized spacial score (nSPS) is 11.3. The molecule has 2 nitrogen and oxygen atoms in total. The maximum atomic E-state index is 13.6. The van der Waals surface area contributed by atoms with Gasteiger partial charge in [0.15, 0.2) is 11.6 Å². The van der Waals surface area contributed by atoms with Crippen molar-refractivity contribution in [1.29, 1.82) is 0 Å². The third-order valence-corrected chi connectivity index (χ3v) is 3.52. The van der Waals surface area contributed by atoms with E-state index in [4.69, 9.17) is 11.6 Å². The summed E-state index contributed by atoms with van der Waals surface area (Å²) in [5, 5.41) is 0. The van der Waals surface area contributed by atoms with Gasteiger partial charge in [-0.2, -0.15) is 0 Å². The highest BCUT2D eigenvalue weighted by molar-refractivity contribution is 6.17. The number of rotatable bonds is 2. The smallest absolute Gasteiger partial charge is 0.160 e. The van der Waals surface area contributed by atoms with Gasteiger partial charge in [0.25, 0.3) is 0 Å². The number of nitrogens with zero attached hydrogens (tertiary/aromatic N) is 2. The molecule has 2 aromatic carbocycles. The minimum atomic E-state index is -0.964. The molecular formula is C15H10ClF3N2. The fourth-order valence-corrected chi connectivity index (χ4v) is 2.43. The summed E-state index contributed by atoms with van der Waals surface area (Å²) in [6.45, 7) is 1.62. The fourth-order valence-electron chi connectivity index (χ4n) is 2.25. The molecule has 0 spiro atoms. The Balaban J connectivity index is 2.34. The maximum Gasteiger partial charge on any atom is 0.160 e. The van der Waals surface area contributed by atoms with Crippen molar-refractivity contribution in [1.82, 2.24) is 9.55 Å². The molecule has 0 amide bonds. The van der Waals surface area contributed by atoms with Crippen LogP contribution in [0.15, 0.2) is 30.3 Å². The van der Waals surface area contributed by atoms with Crippen LogP contribution in [-0.2, 0) is 5.88 Å². The zero-order valence-corrected chi connectivity index (χ0v) is 11.8. The van der Waals surface area contributed by atoms with Gasteiger partial charge in [0, 0.05) is 12.1 Å². The van der Waals surface area contributed by atoms with Gasteiger partial charge >= 0.3 is 0 Å². The van der Waals surface area contributed by atoms with E-state index in [-0.39, 0.29) is 11.7 Å². The lowest BCUT2D eigenvalue weighted by atomic mass is 10.2. The van der Waals surface area contributed by atoms with Crippen molar-refractivity contribution in [3.05, 3.63) is 59.2 Å². The number of imidazole rings is 1. The Kier molecular flexibility index (Phi) is 3.37. The van der Waals surface area contributed by atoms with Crippen LogP contribution in [0.1, 0.15) is 11.4 Å². The molecule has 6 heteroatoms. The summed E-state index contributed by atoms with van der Waals surface area (Å²) >= 11 is 5.86. The number of hydrogen-bond acceptors (Lipinski definition) is 1. The molecule has 1 aromatic heterocycles. The van der Waals surface area contributed by atoms with E-state index < -0.39 is 11.6 Å². The quantitative estimate of drug-likeness (QED) is 0.638. The summed E-state index contributed by atoms with van der Waals surface area (Å²) in [5.41, 5.74) is 1.83. The van der Waals surface area contributed by atoms with E-state index in [1.54, 1.807) is 17.6 Å². The van der Waals surface area contributed by atoms with Crippen molar-refractivity contribution < 1.29 is 13.2 Å². The summed E-state index contributed by atoms with van der Waals surface area (Å²) in [5.74, 6) is -1.78. The van der Waals surface area contributed by atoms with Gasteiger partial charge in [0.1, 0.15) is 11.6 Å². The summed E-state index contributed by atoms with van der Waals surface area (Å²) in [6, 6.07) is 6.43. The molecule has 1 heterocycles. The van der Waals surface area contributed by atoms with E-state index in [1.807, 2.05) is 0 Å². The Morgan fingerprint density at radius 1 is 1.05 bits per heavy atom. The van der Waals surface area contributed by atoms with Crippen molar-refractivity contribution in [2.45, 2.75) is 12.8 Å². The van der Waals surface area contributed by atoms with Gasteiger partial charge in [-0.15, -0.1) is 11.6 Å². The van der Waals surface area contributed by atoms with E-state index >= 15 is 0 Å². The molecule has 0 fully saturated rings.